The van der Waals surface area contributed by atoms with Crippen LogP contribution in [0, 0.1) is 0 Å². The molecule has 4 rings (SSSR count). The molecule has 42 heavy (non-hydrogen) atoms. The number of unbranched alkanes of at least 4 members (excludes halogenated alkanes) is 5. The fourth-order valence-corrected chi connectivity index (χ4v) is 6.38. The number of esters is 1. The van der Waals surface area contributed by atoms with Crippen molar-refractivity contribution in [3.05, 3.63) is 59.7 Å². The van der Waals surface area contributed by atoms with E-state index in [0.29, 0.717) is 35.5 Å². The highest BCUT2D eigenvalue weighted by molar-refractivity contribution is 7.99. The van der Waals surface area contributed by atoms with Gasteiger partial charge >= 0.3 is 11.9 Å². The summed E-state index contributed by atoms with van der Waals surface area (Å²) in [6.45, 7) is 1.88. The molecule has 2 N–H and O–H groups in total. The summed E-state index contributed by atoms with van der Waals surface area (Å²) in [5.41, 5.74) is 1.49. The lowest BCUT2D eigenvalue weighted by Gasteiger charge is -2.27. The minimum atomic E-state index is -1.12. The molecule has 0 aliphatic carbocycles. The van der Waals surface area contributed by atoms with Gasteiger partial charge in [-0.1, -0.05) is 56.4 Å². The Kier molecular flexibility index (Phi) is 11.1. The number of nitrogens with zero attached hydrogens (tertiary/aromatic N) is 2. The standard InChI is InChI=1S/C31H37N3O7S/c1-2-41-31(40)23(32-24-20-42-26-17-11-10-16-25(26)34(30(24)39)19-27(35)36)15-7-5-3-4-6-12-18-33-28(37)21-13-8-9-14-22(21)29(33)38/h8-11,13-14,16-17,23-24,32H,2-7,12,15,18-20H2,1H3,(H,35,36)/t23-,24-/m0/s1. The van der Waals surface area contributed by atoms with Gasteiger partial charge in [-0.15, -0.1) is 11.8 Å². The molecular weight excluding hydrogens is 558 g/mol. The van der Waals surface area contributed by atoms with Crippen molar-refractivity contribution in [1.82, 2.24) is 10.2 Å². The first-order valence-corrected chi connectivity index (χ1v) is 15.4. The molecule has 2 aliphatic heterocycles. The second-order valence-corrected chi connectivity index (χ2v) is 11.4. The summed E-state index contributed by atoms with van der Waals surface area (Å²) in [6.07, 6.45) is 5.55. The average molecular weight is 596 g/mol. The zero-order valence-corrected chi connectivity index (χ0v) is 24.6. The molecule has 0 unspecified atom stereocenters. The molecule has 0 saturated heterocycles. The minimum Gasteiger partial charge on any atom is -0.480 e. The van der Waals surface area contributed by atoms with Gasteiger partial charge in [-0.2, -0.15) is 0 Å². The molecule has 2 heterocycles. The van der Waals surface area contributed by atoms with E-state index in [-0.39, 0.29) is 24.3 Å². The molecule has 11 heteroatoms. The van der Waals surface area contributed by atoms with Crippen LogP contribution in [-0.2, 0) is 19.1 Å². The van der Waals surface area contributed by atoms with Gasteiger partial charge in [0.05, 0.1) is 29.5 Å². The van der Waals surface area contributed by atoms with Crippen LogP contribution in [0.5, 0.6) is 0 Å². The number of amides is 3. The number of benzene rings is 2. The Bertz CT molecular complexity index is 1280. The largest absolute Gasteiger partial charge is 0.480 e. The van der Waals surface area contributed by atoms with E-state index in [2.05, 4.69) is 5.32 Å². The molecule has 0 aromatic heterocycles. The molecule has 2 aromatic rings. The van der Waals surface area contributed by atoms with Gasteiger partial charge in [0, 0.05) is 17.2 Å². The number of anilines is 1. The lowest BCUT2D eigenvalue weighted by atomic mass is 10.0. The quantitative estimate of drug-likeness (QED) is 0.177. The smallest absolute Gasteiger partial charge is 0.323 e. The zero-order valence-electron chi connectivity index (χ0n) is 23.8. The highest BCUT2D eigenvalue weighted by Gasteiger charge is 2.36. The van der Waals surface area contributed by atoms with Crippen LogP contribution in [0.3, 0.4) is 0 Å². The second kappa shape index (κ2) is 15.0. The summed E-state index contributed by atoms with van der Waals surface area (Å²) in [4.78, 5) is 66.1. The number of hydrogen-bond donors (Lipinski definition) is 2. The summed E-state index contributed by atoms with van der Waals surface area (Å²) >= 11 is 1.45. The van der Waals surface area contributed by atoms with Crippen molar-refractivity contribution in [2.24, 2.45) is 0 Å². The number of carboxylic acid groups (broad SMARTS) is 1. The van der Waals surface area contributed by atoms with Crippen molar-refractivity contribution in [2.45, 2.75) is 68.8 Å². The second-order valence-electron chi connectivity index (χ2n) is 10.3. The number of hydrogen-bond acceptors (Lipinski definition) is 8. The van der Waals surface area contributed by atoms with E-state index in [1.807, 2.05) is 12.1 Å². The Morgan fingerprint density at radius 1 is 0.929 bits per heavy atom. The molecule has 3 amide bonds. The predicted molar refractivity (Wildman–Crippen MR) is 159 cm³/mol. The Morgan fingerprint density at radius 2 is 1.55 bits per heavy atom. The fraction of sp³-hybridized carbons (Fsp3) is 0.452. The Labute approximate surface area is 249 Å². The van der Waals surface area contributed by atoms with Crippen LogP contribution in [0.2, 0.25) is 0 Å². The topological polar surface area (TPSA) is 133 Å². The predicted octanol–water partition coefficient (Wildman–Crippen LogP) is 4.13. The number of carbonyl (C=O) groups excluding carboxylic acids is 4. The first-order chi connectivity index (χ1) is 20.3. The maximum atomic E-state index is 13.4. The maximum Gasteiger partial charge on any atom is 0.323 e. The molecule has 10 nitrogen and oxygen atoms in total. The van der Waals surface area contributed by atoms with Crippen LogP contribution in [0.1, 0.15) is 72.6 Å². The number of carboxylic acids is 1. The van der Waals surface area contributed by atoms with E-state index in [9.17, 15) is 29.1 Å². The first kappa shape index (κ1) is 31.2. The van der Waals surface area contributed by atoms with Gasteiger partial charge < -0.3 is 9.84 Å². The first-order valence-electron chi connectivity index (χ1n) is 14.4. The SMILES string of the molecule is CCOC(=O)[C@H](CCCCCCCCN1C(=O)c2ccccc2C1=O)N[C@H]1CSc2ccccc2N(CC(=O)O)C1=O. The van der Waals surface area contributed by atoms with Crippen LogP contribution >= 0.6 is 11.8 Å². The molecule has 0 radical (unpaired) electrons. The normalized spacial score (nSPS) is 17.1. The summed E-state index contributed by atoms with van der Waals surface area (Å²) in [5, 5.41) is 12.6. The summed E-state index contributed by atoms with van der Waals surface area (Å²) in [6, 6.07) is 12.6. The molecule has 0 saturated carbocycles. The third-order valence-corrected chi connectivity index (χ3v) is 8.55. The molecule has 0 fully saturated rings. The monoisotopic (exact) mass is 595 g/mol. The van der Waals surface area contributed by atoms with Crippen LogP contribution in [0.15, 0.2) is 53.4 Å². The Morgan fingerprint density at radius 3 is 2.21 bits per heavy atom. The third kappa shape index (κ3) is 7.57. The van der Waals surface area contributed by atoms with E-state index in [1.54, 1.807) is 43.3 Å². The molecule has 0 spiro atoms. The van der Waals surface area contributed by atoms with Crippen molar-refractivity contribution < 1.29 is 33.8 Å². The number of nitrogens with one attached hydrogen (secondary N) is 1. The Hall–Kier alpha value is -3.70. The summed E-state index contributed by atoms with van der Waals surface area (Å²) < 4.78 is 5.28. The van der Waals surface area contributed by atoms with E-state index in [4.69, 9.17) is 4.74 Å². The number of aliphatic carboxylic acids is 1. The van der Waals surface area contributed by atoms with Crippen LogP contribution in [0.25, 0.3) is 0 Å². The van der Waals surface area contributed by atoms with Gasteiger partial charge in [0.1, 0.15) is 12.6 Å². The van der Waals surface area contributed by atoms with Crippen molar-refractivity contribution in [2.75, 3.05) is 30.3 Å². The van der Waals surface area contributed by atoms with E-state index >= 15 is 0 Å². The maximum absolute atomic E-state index is 13.4. The highest BCUT2D eigenvalue weighted by Crippen LogP contribution is 2.34. The van der Waals surface area contributed by atoms with Gasteiger partial charge in [0.15, 0.2) is 0 Å². The molecule has 2 aliphatic rings. The van der Waals surface area contributed by atoms with Crippen molar-refractivity contribution in [3.63, 3.8) is 0 Å². The lowest BCUT2D eigenvalue weighted by Crippen LogP contribution is -2.54. The fourth-order valence-electron chi connectivity index (χ4n) is 5.29. The molecule has 2 atom stereocenters. The van der Waals surface area contributed by atoms with Crippen molar-refractivity contribution >= 4 is 47.1 Å². The van der Waals surface area contributed by atoms with Crippen molar-refractivity contribution in [1.29, 1.82) is 0 Å². The van der Waals surface area contributed by atoms with Gasteiger partial charge in [-0.3, -0.25) is 39.1 Å². The summed E-state index contributed by atoms with van der Waals surface area (Å²) in [7, 11) is 0. The van der Waals surface area contributed by atoms with Gasteiger partial charge in [0.2, 0.25) is 5.91 Å². The lowest BCUT2D eigenvalue weighted by molar-refractivity contribution is -0.146. The van der Waals surface area contributed by atoms with E-state index in [1.165, 1.54) is 21.6 Å². The van der Waals surface area contributed by atoms with Gasteiger partial charge in [-0.25, -0.2) is 0 Å². The summed E-state index contributed by atoms with van der Waals surface area (Å²) in [5.74, 6) is -2.03. The Balaban J connectivity index is 1.24. The van der Waals surface area contributed by atoms with Crippen molar-refractivity contribution in [3.8, 4) is 0 Å². The van der Waals surface area contributed by atoms with Crippen LogP contribution in [0.4, 0.5) is 5.69 Å². The van der Waals surface area contributed by atoms with E-state index < -0.39 is 30.6 Å². The third-order valence-electron chi connectivity index (χ3n) is 7.40. The highest BCUT2D eigenvalue weighted by atomic mass is 32.2. The number of fused-ring (bicyclic) bond motifs is 2. The van der Waals surface area contributed by atoms with Crippen LogP contribution < -0.4 is 10.2 Å². The number of carbonyl (C=O) groups is 5. The number of thioether (sulfide) groups is 1. The number of rotatable bonds is 15. The number of para-hydroxylation sites is 1. The number of ether oxygens (including phenoxy) is 1. The number of imide groups is 1. The van der Waals surface area contributed by atoms with Gasteiger partial charge in [0.25, 0.3) is 11.8 Å². The average Bonchev–Trinajstić information content (AvgIpc) is 3.14. The van der Waals surface area contributed by atoms with E-state index in [0.717, 1.165) is 43.4 Å². The van der Waals surface area contributed by atoms with Crippen LogP contribution in [-0.4, -0.2) is 77.2 Å². The molecule has 224 valence electrons. The molecule has 2 aromatic carbocycles. The zero-order chi connectivity index (χ0) is 30.1. The minimum absolute atomic E-state index is 0.216. The molecular formula is C31H37N3O7S. The van der Waals surface area contributed by atoms with Gasteiger partial charge in [-0.05, 0) is 44.0 Å². The molecule has 0 bridgehead atoms.